The minimum atomic E-state index is -0.290. The quantitative estimate of drug-likeness (QED) is 0.729. The third-order valence-corrected chi connectivity index (χ3v) is 3.05. The first-order valence-corrected chi connectivity index (χ1v) is 5.50. The van der Waals surface area contributed by atoms with Gasteiger partial charge in [0.05, 0.1) is 5.69 Å². The van der Waals surface area contributed by atoms with Gasteiger partial charge in [0.1, 0.15) is 5.82 Å². The third kappa shape index (κ3) is 2.69. The van der Waals surface area contributed by atoms with Gasteiger partial charge in [0, 0.05) is 0 Å². The number of rotatable bonds is 2. The highest BCUT2D eigenvalue weighted by Crippen LogP contribution is 2.20. The number of hydrogen-bond donors (Lipinski definition) is 2. The fourth-order valence-electron chi connectivity index (χ4n) is 2.12. The van der Waals surface area contributed by atoms with E-state index in [1.165, 1.54) is 12.8 Å². The summed E-state index contributed by atoms with van der Waals surface area (Å²) in [4.78, 5) is 0. The zero-order valence-electron chi connectivity index (χ0n) is 8.80. The number of nitrogen functional groups attached to an aromatic ring is 1. The predicted octanol–water partition coefficient (Wildman–Crippen LogP) is 1.95. The van der Waals surface area contributed by atoms with Crippen LogP contribution in [0.25, 0.3) is 0 Å². The Hall–Kier alpha value is -1.09. The first-order chi connectivity index (χ1) is 7.25. The van der Waals surface area contributed by atoms with Crippen molar-refractivity contribution in [2.24, 2.45) is 5.92 Å². The topological polar surface area (TPSA) is 38.0 Å². The van der Waals surface area contributed by atoms with E-state index in [9.17, 15) is 4.39 Å². The molecule has 2 nitrogen and oxygen atoms in total. The fraction of sp³-hybridized carbons (Fsp3) is 0.500. The summed E-state index contributed by atoms with van der Waals surface area (Å²) >= 11 is 0. The lowest BCUT2D eigenvalue weighted by atomic mass is 9.91. The summed E-state index contributed by atoms with van der Waals surface area (Å²) in [6, 6.07) is 5.16. The van der Waals surface area contributed by atoms with Crippen LogP contribution >= 0.6 is 0 Å². The van der Waals surface area contributed by atoms with Gasteiger partial charge in [-0.2, -0.15) is 0 Å². The highest BCUT2D eigenvalue weighted by atomic mass is 19.1. The van der Waals surface area contributed by atoms with Crippen molar-refractivity contribution in [3.63, 3.8) is 0 Å². The van der Waals surface area contributed by atoms with E-state index in [1.807, 2.05) is 6.07 Å². The number of nitrogens with two attached hydrogens (primary N) is 1. The minimum absolute atomic E-state index is 0.240. The van der Waals surface area contributed by atoms with Crippen molar-refractivity contribution >= 4 is 5.69 Å². The average Bonchev–Trinajstić information content (AvgIpc) is 2.25. The van der Waals surface area contributed by atoms with Crippen LogP contribution in [0.2, 0.25) is 0 Å². The molecule has 0 spiro atoms. The molecule has 15 heavy (non-hydrogen) atoms. The largest absolute Gasteiger partial charge is 0.396 e. The molecule has 1 heterocycles. The molecule has 82 valence electrons. The highest BCUT2D eigenvalue weighted by Gasteiger charge is 2.13. The Labute approximate surface area is 89.7 Å². The number of piperidine rings is 1. The van der Waals surface area contributed by atoms with Crippen molar-refractivity contribution < 1.29 is 4.39 Å². The van der Waals surface area contributed by atoms with Gasteiger partial charge in [0.2, 0.25) is 0 Å². The van der Waals surface area contributed by atoms with E-state index in [0.29, 0.717) is 5.92 Å². The number of halogens is 1. The van der Waals surface area contributed by atoms with E-state index in [1.54, 1.807) is 12.1 Å². The second-order valence-corrected chi connectivity index (χ2v) is 4.25. The number of nitrogens with one attached hydrogen (secondary N) is 1. The van der Waals surface area contributed by atoms with E-state index >= 15 is 0 Å². The van der Waals surface area contributed by atoms with E-state index < -0.39 is 0 Å². The smallest absolute Gasteiger partial charge is 0.146 e. The summed E-state index contributed by atoms with van der Waals surface area (Å²) in [5, 5.41) is 3.33. The summed E-state index contributed by atoms with van der Waals surface area (Å²) in [7, 11) is 0. The molecule has 0 saturated carbocycles. The summed E-state index contributed by atoms with van der Waals surface area (Å²) in [5.41, 5.74) is 6.74. The van der Waals surface area contributed by atoms with Crippen molar-refractivity contribution in [3.8, 4) is 0 Å². The van der Waals surface area contributed by atoms with Gasteiger partial charge >= 0.3 is 0 Å². The van der Waals surface area contributed by atoms with Crippen LogP contribution in [0.4, 0.5) is 10.1 Å². The zero-order chi connectivity index (χ0) is 10.7. The summed E-state index contributed by atoms with van der Waals surface area (Å²) in [6.45, 7) is 2.17. The summed E-state index contributed by atoms with van der Waals surface area (Å²) < 4.78 is 13.2. The van der Waals surface area contributed by atoms with Gasteiger partial charge in [-0.15, -0.1) is 0 Å². The number of benzene rings is 1. The van der Waals surface area contributed by atoms with Gasteiger partial charge in [-0.1, -0.05) is 6.07 Å². The molecule has 0 atom stereocenters. The number of hydrogen-bond acceptors (Lipinski definition) is 2. The van der Waals surface area contributed by atoms with Crippen molar-refractivity contribution in [2.45, 2.75) is 19.3 Å². The van der Waals surface area contributed by atoms with Crippen LogP contribution < -0.4 is 11.1 Å². The van der Waals surface area contributed by atoms with E-state index in [-0.39, 0.29) is 11.5 Å². The Kier molecular flexibility index (Phi) is 3.21. The molecule has 1 aromatic rings. The average molecular weight is 208 g/mol. The van der Waals surface area contributed by atoms with Gasteiger partial charge in [0.25, 0.3) is 0 Å². The monoisotopic (exact) mass is 208 g/mol. The van der Waals surface area contributed by atoms with Crippen molar-refractivity contribution in [1.82, 2.24) is 5.32 Å². The molecule has 1 aliphatic heterocycles. The molecule has 1 fully saturated rings. The molecule has 0 bridgehead atoms. The highest BCUT2D eigenvalue weighted by molar-refractivity contribution is 5.41. The summed E-state index contributed by atoms with van der Waals surface area (Å²) in [5.74, 6) is 0.399. The molecule has 0 aromatic heterocycles. The Morgan fingerprint density at radius 2 is 2.07 bits per heavy atom. The number of anilines is 1. The molecule has 0 unspecified atom stereocenters. The standard InChI is InChI=1S/C12H17FN2/c13-11-8-10(1-2-12(11)14)7-9-3-5-15-6-4-9/h1-2,8-9,15H,3-7,14H2. The molecule has 0 aliphatic carbocycles. The van der Waals surface area contributed by atoms with Crippen LogP contribution in [-0.4, -0.2) is 13.1 Å². The first kappa shape index (κ1) is 10.4. The Bertz CT molecular complexity index is 332. The van der Waals surface area contributed by atoms with Crippen LogP contribution in [-0.2, 0) is 6.42 Å². The predicted molar refractivity (Wildman–Crippen MR) is 60.1 cm³/mol. The van der Waals surface area contributed by atoms with Crippen LogP contribution in [0.1, 0.15) is 18.4 Å². The van der Waals surface area contributed by atoms with Gasteiger partial charge < -0.3 is 11.1 Å². The van der Waals surface area contributed by atoms with Gasteiger partial charge in [-0.25, -0.2) is 4.39 Å². The molecule has 2 rings (SSSR count). The maximum Gasteiger partial charge on any atom is 0.146 e. The molecular weight excluding hydrogens is 191 g/mol. The molecule has 3 N–H and O–H groups in total. The molecular formula is C12H17FN2. The van der Waals surface area contributed by atoms with Crippen LogP contribution in [0.3, 0.4) is 0 Å². The maximum absolute atomic E-state index is 13.2. The third-order valence-electron chi connectivity index (χ3n) is 3.05. The fourth-order valence-corrected chi connectivity index (χ4v) is 2.12. The van der Waals surface area contributed by atoms with Gasteiger partial charge in [-0.3, -0.25) is 0 Å². The normalized spacial score (nSPS) is 17.9. The van der Waals surface area contributed by atoms with Crippen LogP contribution in [0, 0.1) is 11.7 Å². The molecule has 1 saturated heterocycles. The lowest BCUT2D eigenvalue weighted by Crippen LogP contribution is -2.28. The zero-order valence-corrected chi connectivity index (χ0v) is 8.80. The molecule has 0 amide bonds. The molecule has 1 aliphatic rings. The maximum atomic E-state index is 13.2. The van der Waals surface area contributed by atoms with Gasteiger partial charge in [-0.05, 0) is 56.0 Å². The van der Waals surface area contributed by atoms with E-state index in [0.717, 1.165) is 25.1 Å². The lowest BCUT2D eigenvalue weighted by Gasteiger charge is -2.22. The first-order valence-electron chi connectivity index (χ1n) is 5.50. The second kappa shape index (κ2) is 4.62. The van der Waals surface area contributed by atoms with Crippen molar-refractivity contribution in [1.29, 1.82) is 0 Å². The molecule has 0 radical (unpaired) electrons. The second-order valence-electron chi connectivity index (χ2n) is 4.25. The van der Waals surface area contributed by atoms with Crippen molar-refractivity contribution in [3.05, 3.63) is 29.6 Å². The van der Waals surface area contributed by atoms with Gasteiger partial charge in [0.15, 0.2) is 0 Å². The van der Waals surface area contributed by atoms with E-state index in [2.05, 4.69) is 5.32 Å². The SMILES string of the molecule is Nc1ccc(CC2CCNCC2)cc1F. The van der Waals surface area contributed by atoms with Crippen LogP contribution in [0.15, 0.2) is 18.2 Å². The Morgan fingerprint density at radius 1 is 1.33 bits per heavy atom. The lowest BCUT2D eigenvalue weighted by molar-refractivity contribution is 0.372. The summed E-state index contributed by atoms with van der Waals surface area (Å²) in [6.07, 6.45) is 3.34. The Morgan fingerprint density at radius 3 is 2.73 bits per heavy atom. The Balaban J connectivity index is 2.00. The van der Waals surface area contributed by atoms with Crippen LogP contribution in [0.5, 0.6) is 0 Å². The minimum Gasteiger partial charge on any atom is -0.396 e. The van der Waals surface area contributed by atoms with Crippen molar-refractivity contribution in [2.75, 3.05) is 18.8 Å². The molecule has 3 heteroatoms. The molecule has 1 aromatic carbocycles. The van der Waals surface area contributed by atoms with E-state index in [4.69, 9.17) is 5.73 Å².